The van der Waals surface area contributed by atoms with E-state index in [1.54, 1.807) is 18.2 Å². The summed E-state index contributed by atoms with van der Waals surface area (Å²) >= 11 is 0. The lowest BCUT2D eigenvalue weighted by Crippen LogP contribution is -2.15. The lowest BCUT2D eigenvalue weighted by Gasteiger charge is -2.10. The predicted octanol–water partition coefficient (Wildman–Crippen LogP) is 1.67. The molecule has 0 saturated heterocycles. The first-order valence-electron chi connectivity index (χ1n) is 6.89. The number of nitrogens with zero attached hydrogens (tertiary/aromatic N) is 2. The van der Waals surface area contributed by atoms with Gasteiger partial charge in [0.15, 0.2) is 5.82 Å². The zero-order valence-corrected chi connectivity index (χ0v) is 11.5. The molecule has 0 bridgehead atoms. The molecular weight excluding hydrogens is 268 g/mol. The lowest BCUT2D eigenvalue weighted by atomic mass is 10.1. The maximum atomic E-state index is 11.7. The molecule has 3 N–H and O–H groups in total. The van der Waals surface area contributed by atoms with Crippen LogP contribution in [0.15, 0.2) is 30.3 Å². The van der Waals surface area contributed by atoms with Crippen molar-refractivity contribution in [2.75, 3.05) is 11.9 Å². The Hall–Kier alpha value is -2.47. The molecule has 6 nitrogen and oxygen atoms in total. The molecule has 0 aliphatic carbocycles. The van der Waals surface area contributed by atoms with Crippen molar-refractivity contribution in [3.05, 3.63) is 35.9 Å². The van der Waals surface area contributed by atoms with E-state index in [0.717, 1.165) is 18.5 Å². The van der Waals surface area contributed by atoms with E-state index >= 15 is 0 Å². The summed E-state index contributed by atoms with van der Waals surface area (Å²) in [6, 6.07) is 8.83. The number of benzene rings is 1. The average molecular weight is 284 g/mol. The molecule has 1 aliphatic heterocycles. The Kier molecular flexibility index (Phi) is 3.79. The van der Waals surface area contributed by atoms with Gasteiger partial charge in [0, 0.05) is 24.1 Å². The van der Waals surface area contributed by atoms with Crippen molar-refractivity contribution >= 4 is 11.7 Å². The maximum absolute atomic E-state index is 11.7. The quantitative estimate of drug-likeness (QED) is 0.741. The highest BCUT2D eigenvalue weighted by atomic mass is 16.3. The fourth-order valence-electron chi connectivity index (χ4n) is 2.28. The minimum atomic E-state index is -0.0513. The number of aromatic nitrogens is 2. The smallest absolute Gasteiger partial charge is 0.225 e. The second kappa shape index (κ2) is 5.88. The van der Waals surface area contributed by atoms with Crippen molar-refractivity contribution in [2.24, 2.45) is 0 Å². The number of phenols is 1. The van der Waals surface area contributed by atoms with Gasteiger partial charge in [-0.25, -0.2) is 0 Å². The summed E-state index contributed by atoms with van der Waals surface area (Å²) in [7, 11) is 0. The number of fused-ring (bicyclic) bond motifs is 1. The topological polar surface area (TPSA) is 87.1 Å². The number of rotatable bonds is 1. The van der Waals surface area contributed by atoms with Crippen LogP contribution in [0.3, 0.4) is 0 Å². The van der Waals surface area contributed by atoms with Gasteiger partial charge < -0.3 is 15.7 Å². The predicted molar refractivity (Wildman–Crippen MR) is 78.7 cm³/mol. The van der Waals surface area contributed by atoms with E-state index in [-0.39, 0.29) is 11.7 Å². The number of phenolic OH excluding ortho intramolecular Hbond substituents is 1. The molecular formula is C15H16N4O2. The lowest BCUT2D eigenvalue weighted by molar-refractivity contribution is -0.116. The number of aromatic hydroxyl groups is 1. The van der Waals surface area contributed by atoms with Crippen LogP contribution in [-0.2, 0) is 11.3 Å². The zero-order chi connectivity index (χ0) is 14.7. The third-order valence-corrected chi connectivity index (χ3v) is 3.38. The van der Waals surface area contributed by atoms with Crippen molar-refractivity contribution in [1.29, 1.82) is 0 Å². The number of nitrogens with one attached hydrogen (secondary N) is 2. The van der Waals surface area contributed by atoms with E-state index in [9.17, 15) is 9.90 Å². The molecule has 1 aromatic carbocycles. The molecule has 0 unspecified atom stereocenters. The van der Waals surface area contributed by atoms with E-state index in [0.29, 0.717) is 30.0 Å². The van der Waals surface area contributed by atoms with Gasteiger partial charge >= 0.3 is 0 Å². The summed E-state index contributed by atoms with van der Waals surface area (Å²) < 4.78 is 0. The first-order chi connectivity index (χ1) is 10.2. The number of hydrogen-bond acceptors (Lipinski definition) is 5. The van der Waals surface area contributed by atoms with Crippen LogP contribution in [0.1, 0.15) is 18.4 Å². The molecule has 108 valence electrons. The number of hydrogen-bond donors (Lipinski definition) is 3. The summed E-state index contributed by atoms with van der Waals surface area (Å²) in [5.74, 6) is 0.588. The van der Waals surface area contributed by atoms with E-state index < -0.39 is 0 Å². The monoisotopic (exact) mass is 284 g/mol. The minimum Gasteiger partial charge on any atom is -0.507 e. The Morgan fingerprint density at radius 1 is 1.19 bits per heavy atom. The molecule has 1 amide bonds. The molecule has 1 aromatic heterocycles. The number of para-hydroxylation sites is 1. The van der Waals surface area contributed by atoms with E-state index in [2.05, 4.69) is 20.8 Å². The van der Waals surface area contributed by atoms with Crippen LogP contribution in [0.4, 0.5) is 5.82 Å². The van der Waals surface area contributed by atoms with Gasteiger partial charge in [-0.1, -0.05) is 12.1 Å². The highest BCUT2D eigenvalue weighted by Crippen LogP contribution is 2.28. The SMILES string of the molecule is O=C1CCCNCc2cc(-c3ccccc3O)nnc2N1. The largest absolute Gasteiger partial charge is 0.507 e. The van der Waals surface area contributed by atoms with Gasteiger partial charge in [0.25, 0.3) is 0 Å². The maximum Gasteiger partial charge on any atom is 0.225 e. The van der Waals surface area contributed by atoms with Gasteiger partial charge in [-0.3, -0.25) is 4.79 Å². The van der Waals surface area contributed by atoms with Crippen LogP contribution in [0.5, 0.6) is 5.75 Å². The van der Waals surface area contributed by atoms with Gasteiger partial charge in [0.2, 0.25) is 5.91 Å². The van der Waals surface area contributed by atoms with Crippen LogP contribution in [0, 0.1) is 0 Å². The summed E-state index contributed by atoms with van der Waals surface area (Å²) in [6.07, 6.45) is 1.26. The fraction of sp³-hybridized carbons (Fsp3) is 0.267. The van der Waals surface area contributed by atoms with Crippen molar-refractivity contribution in [1.82, 2.24) is 15.5 Å². The van der Waals surface area contributed by atoms with E-state index in [4.69, 9.17) is 0 Å². The Balaban J connectivity index is 1.99. The Labute approximate surface area is 122 Å². The molecule has 3 rings (SSSR count). The van der Waals surface area contributed by atoms with Gasteiger partial charge in [-0.05, 0) is 31.2 Å². The number of carbonyl (C=O) groups is 1. The van der Waals surface area contributed by atoms with Crippen LogP contribution < -0.4 is 10.6 Å². The molecule has 21 heavy (non-hydrogen) atoms. The average Bonchev–Trinajstić information content (AvgIpc) is 2.57. The number of amides is 1. The van der Waals surface area contributed by atoms with Gasteiger partial charge in [-0.15, -0.1) is 10.2 Å². The first kappa shape index (κ1) is 13.5. The molecule has 0 atom stereocenters. The second-order valence-electron chi connectivity index (χ2n) is 4.95. The molecule has 1 aliphatic rings. The summed E-state index contributed by atoms with van der Waals surface area (Å²) in [4.78, 5) is 11.7. The summed E-state index contributed by atoms with van der Waals surface area (Å²) in [5.41, 5.74) is 2.07. The van der Waals surface area contributed by atoms with Crippen LogP contribution in [-0.4, -0.2) is 27.8 Å². The van der Waals surface area contributed by atoms with E-state index in [1.165, 1.54) is 0 Å². The van der Waals surface area contributed by atoms with Crippen molar-refractivity contribution in [3.8, 4) is 17.0 Å². The highest BCUT2D eigenvalue weighted by molar-refractivity contribution is 5.90. The molecule has 2 aromatic rings. The molecule has 0 saturated carbocycles. The Morgan fingerprint density at radius 2 is 2.05 bits per heavy atom. The molecule has 0 spiro atoms. The van der Waals surface area contributed by atoms with Crippen molar-refractivity contribution in [3.63, 3.8) is 0 Å². The van der Waals surface area contributed by atoms with Crippen LogP contribution in [0.25, 0.3) is 11.3 Å². The normalized spacial score (nSPS) is 15.3. The fourth-order valence-corrected chi connectivity index (χ4v) is 2.28. The Morgan fingerprint density at radius 3 is 2.90 bits per heavy atom. The van der Waals surface area contributed by atoms with Crippen molar-refractivity contribution < 1.29 is 9.90 Å². The minimum absolute atomic E-state index is 0.0513. The van der Waals surface area contributed by atoms with Crippen LogP contribution >= 0.6 is 0 Å². The summed E-state index contributed by atoms with van der Waals surface area (Å²) in [5, 5.41) is 24.2. The van der Waals surface area contributed by atoms with Crippen molar-refractivity contribution in [2.45, 2.75) is 19.4 Å². The first-order valence-corrected chi connectivity index (χ1v) is 6.89. The molecule has 6 heteroatoms. The zero-order valence-electron chi connectivity index (χ0n) is 11.5. The molecule has 0 fully saturated rings. The summed E-state index contributed by atoms with van der Waals surface area (Å²) in [6.45, 7) is 1.38. The van der Waals surface area contributed by atoms with Gasteiger partial charge in [0.1, 0.15) is 5.75 Å². The Bertz CT molecular complexity index is 672. The molecule has 2 heterocycles. The third-order valence-electron chi connectivity index (χ3n) is 3.38. The van der Waals surface area contributed by atoms with E-state index in [1.807, 2.05) is 12.1 Å². The highest BCUT2D eigenvalue weighted by Gasteiger charge is 2.14. The number of anilines is 1. The third kappa shape index (κ3) is 3.00. The standard InChI is InChI=1S/C15H16N4O2/c20-13-5-2-1-4-11(13)12-8-10-9-16-7-3-6-14(21)17-15(10)19-18-12/h1-2,4-5,8,16,20H,3,6-7,9H2,(H,17,19,21). The second-order valence-corrected chi connectivity index (χ2v) is 4.95. The van der Waals surface area contributed by atoms with Gasteiger partial charge in [-0.2, -0.15) is 0 Å². The van der Waals surface area contributed by atoms with Gasteiger partial charge in [0.05, 0.1) is 5.69 Å². The molecule has 0 radical (unpaired) electrons. The van der Waals surface area contributed by atoms with Crippen LogP contribution in [0.2, 0.25) is 0 Å². The number of carbonyl (C=O) groups excluding carboxylic acids is 1.